The average Bonchev–Trinajstić information content (AvgIpc) is 3.10. The van der Waals surface area contributed by atoms with Crippen LogP contribution in [0.3, 0.4) is 0 Å². The maximum absolute atomic E-state index is 9.22. The molecule has 0 radical (unpaired) electrons. The SMILES string of the molecule is OCCc1cc2c(N3CCN(CCc4ccccc4)CC3)cccc2s1. The molecule has 1 fully saturated rings. The Morgan fingerprint density at radius 2 is 1.69 bits per heavy atom. The summed E-state index contributed by atoms with van der Waals surface area (Å²) >= 11 is 1.81. The molecule has 2 aromatic carbocycles. The summed E-state index contributed by atoms with van der Waals surface area (Å²) in [5.41, 5.74) is 2.78. The quantitative estimate of drug-likeness (QED) is 0.719. The van der Waals surface area contributed by atoms with Crippen molar-refractivity contribution in [3.05, 3.63) is 65.0 Å². The Bertz CT molecular complexity index is 838. The summed E-state index contributed by atoms with van der Waals surface area (Å²) in [6, 6.07) is 19.7. The third-order valence-corrected chi connectivity index (χ3v) is 6.38. The monoisotopic (exact) mass is 366 g/mol. The van der Waals surface area contributed by atoms with Crippen LogP contribution in [0.5, 0.6) is 0 Å². The lowest BCUT2D eigenvalue weighted by Crippen LogP contribution is -2.47. The number of thiophene rings is 1. The van der Waals surface area contributed by atoms with Crippen LogP contribution in [0.25, 0.3) is 10.1 Å². The molecule has 1 aliphatic heterocycles. The molecule has 0 atom stereocenters. The van der Waals surface area contributed by atoms with Gasteiger partial charge in [-0.1, -0.05) is 36.4 Å². The zero-order valence-corrected chi connectivity index (χ0v) is 15.9. The fourth-order valence-corrected chi connectivity index (χ4v) is 4.82. The first-order valence-corrected chi connectivity index (χ1v) is 10.3. The van der Waals surface area contributed by atoms with E-state index in [1.807, 2.05) is 11.3 Å². The van der Waals surface area contributed by atoms with E-state index in [1.165, 1.54) is 26.2 Å². The van der Waals surface area contributed by atoms with Crippen LogP contribution in [-0.2, 0) is 12.8 Å². The highest BCUT2D eigenvalue weighted by molar-refractivity contribution is 7.19. The predicted molar refractivity (Wildman–Crippen MR) is 111 cm³/mol. The van der Waals surface area contributed by atoms with Gasteiger partial charge in [0.05, 0.1) is 0 Å². The van der Waals surface area contributed by atoms with Gasteiger partial charge in [-0.2, -0.15) is 0 Å². The number of piperazine rings is 1. The lowest BCUT2D eigenvalue weighted by Gasteiger charge is -2.36. The van der Waals surface area contributed by atoms with Crippen molar-refractivity contribution in [1.29, 1.82) is 0 Å². The molecular weight excluding hydrogens is 340 g/mol. The third kappa shape index (κ3) is 3.93. The van der Waals surface area contributed by atoms with Crippen LogP contribution in [0.1, 0.15) is 10.4 Å². The van der Waals surface area contributed by atoms with E-state index >= 15 is 0 Å². The maximum atomic E-state index is 9.22. The molecule has 1 N–H and O–H groups in total. The molecule has 1 aliphatic rings. The van der Waals surface area contributed by atoms with Gasteiger partial charge in [0.1, 0.15) is 0 Å². The van der Waals surface area contributed by atoms with Gasteiger partial charge >= 0.3 is 0 Å². The van der Waals surface area contributed by atoms with E-state index in [9.17, 15) is 5.11 Å². The summed E-state index contributed by atoms with van der Waals surface area (Å²) in [5.74, 6) is 0. The minimum Gasteiger partial charge on any atom is -0.396 e. The van der Waals surface area contributed by atoms with Crippen molar-refractivity contribution in [3.63, 3.8) is 0 Å². The maximum Gasteiger partial charge on any atom is 0.0479 e. The molecule has 136 valence electrons. The Labute approximate surface area is 159 Å². The Morgan fingerprint density at radius 1 is 0.885 bits per heavy atom. The smallest absolute Gasteiger partial charge is 0.0479 e. The molecule has 4 rings (SSSR count). The van der Waals surface area contributed by atoms with Gasteiger partial charge < -0.3 is 10.0 Å². The fraction of sp³-hybridized carbons (Fsp3) is 0.364. The Hall–Kier alpha value is -1.88. The molecule has 1 aromatic heterocycles. The number of aliphatic hydroxyl groups is 1. The van der Waals surface area contributed by atoms with Crippen molar-refractivity contribution >= 4 is 27.1 Å². The number of benzene rings is 2. The van der Waals surface area contributed by atoms with E-state index in [-0.39, 0.29) is 6.61 Å². The topological polar surface area (TPSA) is 26.7 Å². The van der Waals surface area contributed by atoms with E-state index in [2.05, 4.69) is 64.4 Å². The molecule has 1 saturated heterocycles. The average molecular weight is 367 g/mol. The van der Waals surface area contributed by atoms with Gasteiger partial charge in [0.2, 0.25) is 0 Å². The molecule has 0 saturated carbocycles. The van der Waals surface area contributed by atoms with Crippen molar-refractivity contribution in [3.8, 4) is 0 Å². The highest BCUT2D eigenvalue weighted by Crippen LogP contribution is 2.34. The van der Waals surface area contributed by atoms with Crippen LogP contribution in [0.2, 0.25) is 0 Å². The molecule has 3 nitrogen and oxygen atoms in total. The Balaban J connectivity index is 1.39. The Kier molecular flexibility index (Phi) is 5.54. The molecule has 0 bridgehead atoms. The predicted octanol–water partition coefficient (Wildman–Crippen LogP) is 3.80. The Morgan fingerprint density at radius 3 is 2.46 bits per heavy atom. The highest BCUT2D eigenvalue weighted by atomic mass is 32.1. The van der Waals surface area contributed by atoms with E-state index in [0.29, 0.717) is 0 Å². The summed E-state index contributed by atoms with van der Waals surface area (Å²) in [6.45, 7) is 5.77. The standard InChI is InChI=1S/C22H26N2OS/c25-16-10-19-17-20-21(7-4-8-22(20)26-19)24-14-12-23(13-15-24)11-9-18-5-2-1-3-6-18/h1-8,17,25H,9-16H2. The largest absolute Gasteiger partial charge is 0.396 e. The summed E-state index contributed by atoms with van der Waals surface area (Å²) in [7, 11) is 0. The molecule has 0 spiro atoms. The van der Waals surface area contributed by atoms with Crippen LogP contribution in [0, 0.1) is 0 Å². The lowest BCUT2D eigenvalue weighted by molar-refractivity contribution is 0.261. The molecule has 0 unspecified atom stereocenters. The number of aliphatic hydroxyl groups excluding tert-OH is 1. The number of anilines is 1. The second kappa shape index (κ2) is 8.21. The normalized spacial score (nSPS) is 15.7. The van der Waals surface area contributed by atoms with Crippen molar-refractivity contribution in [2.45, 2.75) is 12.8 Å². The fourth-order valence-electron chi connectivity index (χ4n) is 3.75. The number of fused-ring (bicyclic) bond motifs is 1. The second-order valence-electron chi connectivity index (χ2n) is 6.94. The van der Waals surface area contributed by atoms with Gasteiger partial charge in [0.15, 0.2) is 0 Å². The first-order valence-electron chi connectivity index (χ1n) is 9.47. The zero-order chi connectivity index (χ0) is 17.8. The van der Waals surface area contributed by atoms with Crippen LogP contribution in [0.15, 0.2) is 54.6 Å². The molecule has 2 heterocycles. The van der Waals surface area contributed by atoms with E-state index in [1.54, 1.807) is 0 Å². The van der Waals surface area contributed by atoms with Gasteiger partial charge in [-0.3, -0.25) is 4.90 Å². The number of nitrogens with zero attached hydrogens (tertiary/aromatic N) is 2. The minimum absolute atomic E-state index is 0.224. The first-order chi connectivity index (χ1) is 12.8. The van der Waals surface area contributed by atoms with Crippen LogP contribution < -0.4 is 4.90 Å². The third-order valence-electron chi connectivity index (χ3n) is 5.22. The lowest BCUT2D eigenvalue weighted by atomic mass is 10.1. The summed E-state index contributed by atoms with van der Waals surface area (Å²) in [6.07, 6.45) is 1.89. The molecular formula is C22H26N2OS. The van der Waals surface area contributed by atoms with Crippen molar-refractivity contribution in [1.82, 2.24) is 4.90 Å². The number of rotatable bonds is 6. The summed E-state index contributed by atoms with van der Waals surface area (Å²) < 4.78 is 1.33. The van der Waals surface area contributed by atoms with E-state index < -0.39 is 0 Å². The van der Waals surface area contributed by atoms with E-state index in [0.717, 1.165) is 45.6 Å². The number of hydrogen-bond donors (Lipinski definition) is 1. The van der Waals surface area contributed by atoms with Crippen LogP contribution >= 0.6 is 11.3 Å². The van der Waals surface area contributed by atoms with Gasteiger partial charge in [-0.25, -0.2) is 0 Å². The van der Waals surface area contributed by atoms with Crippen molar-refractivity contribution in [2.75, 3.05) is 44.2 Å². The molecule has 0 aliphatic carbocycles. The molecule has 3 aromatic rings. The van der Waals surface area contributed by atoms with Gasteiger partial charge in [0, 0.05) is 66.4 Å². The molecule has 4 heteroatoms. The van der Waals surface area contributed by atoms with Crippen molar-refractivity contribution < 1.29 is 5.11 Å². The van der Waals surface area contributed by atoms with Crippen molar-refractivity contribution in [2.24, 2.45) is 0 Å². The minimum atomic E-state index is 0.224. The molecule has 26 heavy (non-hydrogen) atoms. The number of hydrogen-bond acceptors (Lipinski definition) is 4. The van der Waals surface area contributed by atoms with Gasteiger partial charge in [-0.05, 0) is 30.2 Å². The highest BCUT2D eigenvalue weighted by Gasteiger charge is 2.19. The van der Waals surface area contributed by atoms with Crippen LogP contribution in [-0.4, -0.2) is 49.3 Å². The summed E-state index contributed by atoms with van der Waals surface area (Å²) in [5, 5.41) is 10.6. The first kappa shape index (κ1) is 17.5. The van der Waals surface area contributed by atoms with Gasteiger partial charge in [0.25, 0.3) is 0 Å². The molecule has 0 amide bonds. The van der Waals surface area contributed by atoms with Gasteiger partial charge in [-0.15, -0.1) is 11.3 Å². The van der Waals surface area contributed by atoms with E-state index in [4.69, 9.17) is 0 Å². The summed E-state index contributed by atoms with van der Waals surface area (Å²) in [4.78, 5) is 6.38. The van der Waals surface area contributed by atoms with Crippen LogP contribution in [0.4, 0.5) is 5.69 Å². The second-order valence-corrected chi connectivity index (χ2v) is 8.11. The zero-order valence-electron chi connectivity index (χ0n) is 15.1.